The van der Waals surface area contributed by atoms with Gasteiger partial charge in [0.25, 0.3) is 0 Å². The Hall–Kier alpha value is -2.92. The third kappa shape index (κ3) is 6.29. The first-order chi connectivity index (χ1) is 14.3. The van der Waals surface area contributed by atoms with Crippen LogP contribution in [0.1, 0.15) is 26.7 Å². The maximum atomic E-state index is 5.69. The molecule has 3 aromatic rings. The summed E-state index contributed by atoms with van der Waals surface area (Å²) in [6, 6.07) is 15.9. The first-order valence-corrected chi connectivity index (χ1v) is 10.7. The third-order valence-electron chi connectivity index (χ3n) is 4.12. The van der Waals surface area contributed by atoms with E-state index in [-0.39, 0.29) is 0 Å². The van der Waals surface area contributed by atoms with Gasteiger partial charge in [-0.2, -0.15) is 0 Å². The van der Waals surface area contributed by atoms with E-state index in [0.29, 0.717) is 13.2 Å². The minimum absolute atomic E-state index is 0.588. The molecule has 29 heavy (non-hydrogen) atoms. The van der Waals surface area contributed by atoms with Crippen LogP contribution in [0.15, 0.2) is 72.8 Å². The molecule has 0 radical (unpaired) electrons. The Bertz CT molecular complexity index is 852. The standard InChI is InChI=1S/C24H26N2O2S/c1-3-5-7-17-27-21-13-9-19(10-14-21)23-25-26-24(29-23)20-11-15-22(16-12-20)28-18-8-6-4-2/h5-16H,3-4,17-18H2,1-2H3. The molecular weight excluding hydrogens is 380 g/mol. The van der Waals surface area contributed by atoms with E-state index in [4.69, 9.17) is 9.47 Å². The SMILES string of the molecule is CCC=CCOc1ccc(-c2nnc(-c3ccc(OCC=CCC)cc3)s2)cc1. The van der Waals surface area contributed by atoms with Crippen molar-refractivity contribution < 1.29 is 9.47 Å². The Balaban J connectivity index is 1.61. The van der Waals surface area contributed by atoms with Gasteiger partial charge in [-0.3, -0.25) is 0 Å². The van der Waals surface area contributed by atoms with Crippen LogP contribution in [0.3, 0.4) is 0 Å². The first kappa shape index (κ1) is 20.8. The van der Waals surface area contributed by atoms with Crippen LogP contribution in [0.2, 0.25) is 0 Å². The summed E-state index contributed by atoms with van der Waals surface area (Å²) in [6.45, 7) is 5.39. The third-order valence-corrected chi connectivity index (χ3v) is 5.15. The van der Waals surface area contributed by atoms with Crippen molar-refractivity contribution in [2.24, 2.45) is 0 Å². The minimum Gasteiger partial charge on any atom is -0.490 e. The molecule has 0 N–H and O–H groups in total. The van der Waals surface area contributed by atoms with E-state index in [1.807, 2.05) is 60.7 Å². The number of aromatic nitrogens is 2. The molecule has 0 unspecified atom stereocenters. The average Bonchev–Trinajstić information content (AvgIpc) is 3.25. The molecule has 4 nitrogen and oxygen atoms in total. The fourth-order valence-corrected chi connectivity index (χ4v) is 3.46. The molecule has 0 fully saturated rings. The van der Waals surface area contributed by atoms with Crippen LogP contribution in [0.4, 0.5) is 0 Å². The summed E-state index contributed by atoms with van der Waals surface area (Å²) in [5.74, 6) is 1.70. The van der Waals surface area contributed by atoms with E-state index in [1.54, 1.807) is 11.3 Å². The van der Waals surface area contributed by atoms with Gasteiger partial charge >= 0.3 is 0 Å². The summed E-state index contributed by atoms with van der Waals surface area (Å²) in [7, 11) is 0. The number of rotatable bonds is 10. The Labute approximate surface area is 176 Å². The van der Waals surface area contributed by atoms with Crippen LogP contribution < -0.4 is 9.47 Å². The number of ether oxygens (including phenoxy) is 2. The zero-order valence-corrected chi connectivity index (χ0v) is 17.7. The van der Waals surface area contributed by atoms with E-state index in [2.05, 4.69) is 36.2 Å². The van der Waals surface area contributed by atoms with Crippen molar-refractivity contribution in [2.75, 3.05) is 13.2 Å². The fourth-order valence-electron chi connectivity index (χ4n) is 2.60. The summed E-state index contributed by atoms with van der Waals surface area (Å²) in [4.78, 5) is 0. The predicted octanol–water partition coefficient (Wildman–Crippen LogP) is 6.56. The molecule has 1 aromatic heterocycles. The summed E-state index contributed by atoms with van der Waals surface area (Å²) < 4.78 is 11.4. The normalized spacial score (nSPS) is 11.4. The monoisotopic (exact) mass is 406 g/mol. The van der Waals surface area contributed by atoms with E-state index >= 15 is 0 Å². The molecule has 0 spiro atoms. The second kappa shape index (κ2) is 11.2. The van der Waals surface area contributed by atoms with Gasteiger partial charge in [-0.05, 0) is 61.4 Å². The zero-order valence-electron chi connectivity index (χ0n) is 16.9. The summed E-state index contributed by atoms with van der Waals surface area (Å²) >= 11 is 1.57. The van der Waals surface area contributed by atoms with Crippen LogP contribution >= 0.6 is 11.3 Å². The average molecular weight is 407 g/mol. The number of allylic oxidation sites excluding steroid dienone is 2. The van der Waals surface area contributed by atoms with E-state index in [9.17, 15) is 0 Å². The molecule has 0 saturated carbocycles. The number of hydrogen-bond acceptors (Lipinski definition) is 5. The highest BCUT2D eigenvalue weighted by Crippen LogP contribution is 2.31. The number of benzene rings is 2. The van der Waals surface area contributed by atoms with Gasteiger partial charge in [-0.15, -0.1) is 10.2 Å². The minimum atomic E-state index is 0.588. The lowest BCUT2D eigenvalue weighted by atomic mass is 10.2. The lowest BCUT2D eigenvalue weighted by Gasteiger charge is -2.04. The van der Waals surface area contributed by atoms with Gasteiger partial charge in [-0.1, -0.05) is 49.5 Å². The first-order valence-electron chi connectivity index (χ1n) is 9.90. The molecule has 0 atom stereocenters. The fraction of sp³-hybridized carbons (Fsp3) is 0.250. The van der Waals surface area contributed by atoms with Crippen LogP contribution in [-0.2, 0) is 0 Å². The Kier molecular flexibility index (Phi) is 8.01. The Morgan fingerprint density at radius 3 is 1.45 bits per heavy atom. The highest BCUT2D eigenvalue weighted by Gasteiger charge is 2.09. The smallest absolute Gasteiger partial charge is 0.148 e. The number of nitrogens with zero attached hydrogens (tertiary/aromatic N) is 2. The van der Waals surface area contributed by atoms with Crippen molar-refractivity contribution in [3.63, 3.8) is 0 Å². The molecule has 1 heterocycles. The van der Waals surface area contributed by atoms with Gasteiger partial charge in [0, 0.05) is 11.1 Å². The Morgan fingerprint density at radius 2 is 1.07 bits per heavy atom. The van der Waals surface area contributed by atoms with Gasteiger partial charge < -0.3 is 9.47 Å². The molecule has 0 bridgehead atoms. The van der Waals surface area contributed by atoms with Gasteiger partial charge in [0.2, 0.25) is 0 Å². The van der Waals surface area contributed by atoms with Crippen LogP contribution in [0, 0.1) is 0 Å². The molecule has 0 aliphatic carbocycles. The van der Waals surface area contributed by atoms with E-state index in [1.165, 1.54) is 0 Å². The Morgan fingerprint density at radius 1 is 0.655 bits per heavy atom. The van der Waals surface area contributed by atoms with E-state index in [0.717, 1.165) is 45.5 Å². The van der Waals surface area contributed by atoms with Gasteiger partial charge in [0.1, 0.15) is 34.7 Å². The zero-order chi connectivity index (χ0) is 20.3. The molecule has 0 saturated heterocycles. The number of hydrogen-bond donors (Lipinski definition) is 0. The maximum absolute atomic E-state index is 5.69. The topological polar surface area (TPSA) is 44.2 Å². The van der Waals surface area contributed by atoms with Crippen molar-refractivity contribution in [1.82, 2.24) is 10.2 Å². The molecule has 5 heteroatoms. The lowest BCUT2D eigenvalue weighted by Crippen LogP contribution is -1.92. The highest BCUT2D eigenvalue weighted by molar-refractivity contribution is 7.17. The highest BCUT2D eigenvalue weighted by atomic mass is 32.1. The molecular formula is C24H26N2O2S. The van der Waals surface area contributed by atoms with Crippen LogP contribution in [0.25, 0.3) is 21.1 Å². The van der Waals surface area contributed by atoms with Gasteiger partial charge in [0.15, 0.2) is 0 Å². The summed E-state index contributed by atoms with van der Waals surface area (Å²) in [6.07, 6.45) is 10.3. The maximum Gasteiger partial charge on any atom is 0.148 e. The van der Waals surface area contributed by atoms with Crippen LogP contribution in [-0.4, -0.2) is 23.4 Å². The summed E-state index contributed by atoms with van der Waals surface area (Å²) in [5, 5.41) is 10.5. The molecule has 0 aliphatic rings. The van der Waals surface area contributed by atoms with E-state index < -0.39 is 0 Å². The second-order valence-electron chi connectivity index (χ2n) is 6.34. The van der Waals surface area contributed by atoms with Crippen molar-refractivity contribution in [2.45, 2.75) is 26.7 Å². The van der Waals surface area contributed by atoms with Crippen molar-refractivity contribution in [1.29, 1.82) is 0 Å². The molecule has 150 valence electrons. The van der Waals surface area contributed by atoms with Crippen molar-refractivity contribution in [3.8, 4) is 32.6 Å². The molecule has 0 amide bonds. The van der Waals surface area contributed by atoms with Crippen LogP contribution in [0.5, 0.6) is 11.5 Å². The van der Waals surface area contributed by atoms with Crippen molar-refractivity contribution in [3.05, 3.63) is 72.8 Å². The summed E-state index contributed by atoms with van der Waals surface area (Å²) in [5.41, 5.74) is 2.07. The van der Waals surface area contributed by atoms with Crippen molar-refractivity contribution >= 4 is 11.3 Å². The predicted molar refractivity (Wildman–Crippen MR) is 121 cm³/mol. The molecule has 2 aromatic carbocycles. The van der Waals surface area contributed by atoms with Gasteiger partial charge in [0.05, 0.1) is 0 Å². The lowest BCUT2D eigenvalue weighted by molar-refractivity contribution is 0.362. The molecule has 0 aliphatic heterocycles. The largest absolute Gasteiger partial charge is 0.490 e. The second-order valence-corrected chi connectivity index (χ2v) is 7.32. The quantitative estimate of drug-likeness (QED) is 0.358. The molecule has 3 rings (SSSR count). The van der Waals surface area contributed by atoms with Gasteiger partial charge in [-0.25, -0.2) is 0 Å².